The summed E-state index contributed by atoms with van der Waals surface area (Å²) in [5.74, 6) is 0.294. The monoisotopic (exact) mass is 445 g/mol. The van der Waals surface area contributed by atoms with Crippen LogP contribution < -0.4 is 14.4 Å². The Morgan fingerprint density at radius 1 is 1.10 bits per heavy atom. The molecule has 0 bridgehead atoms. The van der Waals surface area contributed by atoms with Crippen molar-refractivity contribution in [2.45, 2.75) is 32.9 Å². The normalized spacial score (nSPS) is 14.4. The summed E-state index contributed by atoms with van der Waals surface area (Å²) >= 11 is 0. The Hall–Kier alpha value is -2.58. The molecule has 1 heterocycles. The first-order valence-corrected chi connectivity index (χ1v) is 12.5. The molecule has 1 aliphatic heterocycles. The van der Waals surface area contributed by atoms with Crippen LogP contribution in [-0.4, -0.2) is 51.7 Å². The van der Waals surface area contributed by atoms with Crippen molar-refractivity contribution in [1.82, 2.24) is 10.2 Å². The second kappa shape index (κ2) is 10.6. The summed E-state index contributed by atoms with van der Waals surface area (Å²) in [7, 11) is -3.62. The lowest BCUT2D eigenvalue weighted by atomic mass is 10.1. The molecule has 7 nitrogen and oxygen atoms in total. The molecule has 0 aromatic heterocycles. The topological polar surface area (TPSA) is 79.0 Å². The highest BCUT2D eigenvalue weighted by Crippen LogP contribution is 2.21. The van der Waals surface area contributed by atoms with Crippen LogP contribution in [0.3, 0.4) is 0 Å². The fourth-order valence-corrected chi connectivity index (χ4v) is 4.56. The number of carbonyl (C=O) groups is 1. The van der Waals surface area contributed by atoms with Gasteiger partial charge in [-0.2, -0.15) is 0 Å². The molecular formula is C23H31N3O4S. The fourth-order valence-electron chi connectivity index (χ4n) is 3.70. The van der Waals surface area contributed by atoms with Gasteiger partial charge in [-0.1, -0.05) is 24.3 Å². The summed E-state index contributed by atoms with van der Waals surface area (Å²) in [5, 5.41) is 2.84. The highest BCUT2D eigenvalue weighted by Gasteiger charge is 2.21. The number of rotatable bonds is 10. The number of hydrogen-bond acceptors (Lipinski definition) is 5. The van der Waals surface area contributed by atoms with E-state index in [1.165, 1.54) is 18.4 Å². The number of amides is 1. The molecule has 0 spiro atoms. The van der Waals surface area contributed by atoms with E-state index in [9.17, 15) is 13.2 Å². The van der Waals surface area contributed by atoms with E-state index in [-0.39, 0.29) is 12.5 Å². The molecule has 1 saturated heterocycles. The van der Waals surface area contributed by atoms with E-state index in [1.807, 2.05) is 19.1 Å². The first kappa shape index (κ1) is 23.1. The molecule has 0 unspecified atom stereocenters. The molecule has 1 aliphatic rings. The minimum atomic E-state index is -3.62. The minimum Gasteiger partial charge on any atom is -0.494 e. The van der Waals surface area contributed by atoms with Crippen molar-refractivity contribution in [2.75, 3.05) is 36.8 Å². The summed E-state index contributed by atoms with van der Waals surface area (Å²) in [5.41, 5.74) is 2.64. The summed E-state index contributed by atoms with van der Waals surface area (Å²) in [6.45, 7) is 5.66. The molecule has 3 rings (SSSR count). The van der Waals surface area contributed by atoms with Crippen LogP contribution in [0, 0.1) is 0 Å². The quantitative estimate of drug-likeness (QED) is 0.608. The third-order valence-electron chi connectivity index (χ3n) is 5.21. The lowest BCUT2D eigenvalue weighted by molar-refractivity contribution is -0.119. The Kier molecular flexibility index (Phi) is 7.92. The van der Waals surface area contributed by atoms with Gasteiger partial charge in [0, 0.05) is 13.1 Å². The van der Waals surface area contributed by atoms with Crippen LogP contribution in [0.25, 0.3) is 0 Å². The van der Waals surface area contributed by atoms with Crippen LogP contribution in [0.15, 0.2) is 48.5 Å². The number of ether oxygens (including phenoxy) is 1. The number of nitrogens with zero attached hydrogens (tertiary/aromatic N) is 2. The predicted octanol–water partition coefficient (Wildman–Crippen LogP) is 2.76. The molecule has 1 fully saturated rings. The Morgan fingerprint density at radius 3 is 2.42 bits per heavy atom. The SMILES string of the molecule is CCOc1ccc(N(CC(=O)NCc2cccc(CN3CCCC3)c2)S(C)(=O)=O)cc1. The number of hydrogen-bond donors (Lipinski definition) is 1. The van der Waals surface area contributed by atoms with E-state index in [0.717, 1.165) is 35.8 Å². The molecule has 8 heteroatoms. The van der Waals surface area contributed by atoms with Gasteiger partial charge in [-0.05, 0) is 68.2 Å². The van der Waals surface area contributed by atoms with Gasteiger partial charge in [0.2, 0.25) is 15.9 Å². The maximum Gasteiger partial charge on any atom is 0.241 e. The number of benzene rings is 2. The maximum atomic E-state index is 12.5. The zero-order valence-corrected chi connectivity index (χ0v) is 19.0. The maximum absolute atomic E-state index is 12.5. The van der Waals surface area contributed by atoms with E-state index in [0.29, 0.717) is 24.6 Å². The number of nitrogens with one attached hydrogen (secondary N) is 1. The molecule has 0 radical (unpaired) electrons. The van der Waals surface area contributed by atoms with Gasteiger partial charge in [-0.15, -0.1) is 0 Å². The Bertz CT molecular complexity index is 971. The van der Waals surface area contributed by atoms with Crippen molar-refractivity contribution in [3.05, 3.63) is 59.7 Å². The van der Waals surface area contributed by atoms with Crippen molar-refractivity contribution < 1.29 is 17.9 Å². The zero-order valence-electron chi connectivity index (χ0n) is 18.2. The summed E-state index contributed by atoms with van der Waals surface area (Å²) in [6.07, 6.45) is 3.60. The van der Waals surface area contributed by atoms with Crippen molar-refractivity contribution in [2.24, 2.45) is 0 Å². The standard InChI is InChI=1S/C23H31N3O4S/c1-3-30-22-11-9-21(10-12-22)26(31(2,28)29)18-23(27)24-16-19-7-6-8-20(15-19)17-25-13-4-5-14-25/h6-12,15H,3-5,13-14,16-18H2,1-2H3,(H,24,27). The molecule has 0 atom stereocenters. The van der Waals surface area contributed by atoms with Gasteiger partial charge in [-0.25, -0.2) is 8.42 Å². The van der Waals surface area contributed by atoms with Crippen molar-refractivity contribution in [3.8, 4) is 5.75 Å². The van der Waals surface area contributed by atoms with Crippen LogP contribution in [0.5, 0.6) is 5.75 Å². The minimum absolute atomic E-state index is 0.277. The number of carbonyl (C=O) groups excluding carboxylic acids is 1. The van der Waals surface area contributed by atoms with Crippen molar-refractivity contribution in [3.63, 3.8) is 0 Å². The zero-order chi connectivity index (χ0) is 22.3. The van der Waals surface area contributed by atoms with Crippen molar-refractivity contribution >= 4 is 21.6 Å². The second-order valence-electron chi connectivity index (χ2n) is 7.78. The van der Waals surface area contributed by atoms with Gasteiger partial charge in [-0.3, -0.25) is 14.0 Å². The van der Waals surface area contributed by atoms with E-state index in [4.69, 9.17) is 4.74 Å². The molecule has 1 N–H and O–H groups in total. The Balaban J connectivity index is 1.59. The smallest absolute Gasteiger partial charge is 0.241 e. The first-order chi connectivity index (χ1) is 14.8. The third kappa shape index (κ3) is 6.97. The average molecular weight is 446 g/mol. The van der Waals surface area contributed by atoms with Gasteiger partial charge in [0.1, 0.15) is 12.3 Å². The van der Waals surface area contributed by atoms with Gasteiger partial charge in [0.05, 0.1) is 18.6 Å². The van der Waals surface area contributed by atoms with Gasteiger partial charge >= 0.3 is 0 Å². The van der Waals surface area contributed by atoms with Gasteiger partial charge < -0.3 is 10.1 Å². The number of sulfonamides is 1. The van der Waals surface area contributed by atoms with Gasteiger partial charge in [0.15, 0.2) is 0 Å². The average Bonchev–Trinajstić information content (AvgIpc) is 3.24. The van der Waals surface area contributed by atoms with Crippen LogP contribution >= 0.6 is 0 Å². The second-order valence-corrected chi connectivity index (χ2v) is 9.68. The summed E-state index contributed by atoms with van der Waals surface area (Å²) < 4.78 is 31.0. The van der Waals surface area contributed by atoms with Crippen LogP contribution in [0.2, 0.25) is 0 Å². The van der Waals surface area contributed by atoms with Crippen LogP contribution in [0.4, 0.5) is 5.69 Å². The van der Waals surface area contributed by atoms with E-state index in [2.05, 4.69) is 22.3 Å². The van der Waals surface area contributed by atoms with E-state index < -0.39 is 10.0 Å². The predicted molar refractivity (Wildman–Crippen MR) is 123 cm³/mol. The van der Waals surface area contributed by atoms with Gasteiger partial charge in [0.25, 0.3) is 0 Å². The number of likely N-dealkylation sites (tertiary alicyclic amines) is 1. The molecule has 1 amide bonds. The fraction of sp³-hybridized carbons (Fsp3) is 0.435. The summed E-state index contributed by atoms with van der Waals surface area (Å²) in [4.78, 5) is 15.0. The van der Waals surface area contributed by atoms with Crippen molar-refractivity contribution in [1.29, 1.82) is 0 Å². The third-order valence-corrected chi connectivity index (χ3v) is 6.35. The Labute approximate surface area is 185 Å². The lowest BCUT2D eigenvalue weighted by Gasteiger charge is -2.22. The highest BCUT2D eigenvalue weighted by molar-refractivity contribution is 7.92. The largest absolute Gasteiger partial charge is 0.494 e. The molecule has 0 saturated carbocycles. The molecule has 168 valence electrons. The molecule has 31 heavy (non-hydrogen) atoms. The van der Waals surface area contributed by atoms with Crippen LogP contribution in [0.1, 0.15) is 30.9 Å². The highest BCUT2D eigenvalue weighted by atomic mass is 32.2. The number of anilines is 1. The molecule has 2 aromatic carbocycles. The van der Waals surface area contributed by atoms with E-state index >= 15 is 0 Å². The van der Waals surface area contributed by atoms with E-state index in [1.54, 1.807) is 24.3 Å². The summed E-state index contributed by atoms with van der Waals surface area (Å²) in [6, 6.07) is 14.8. The lowest BCUT2D eigenvalue weighted by Crippen LogP contribution is -2.40. The molecule has 2 aromatic rings. The van der Waals surface area contributed by atoms with Crippen LogP contribution in [-0.2, 0) is 27.9 Å². The molecular weight excluding hydrogens is 414 g/mol. The Morgan fingerprint density at radius 2 is 1.77 bits per heavy atom. The first-order valence-electron chi connectivity index (χ1n) is 10.6. The molecule has 0 aliphatic carbocycles.